The van der Waals surface area contributed by atoms with E-state index in [4.69, 9.17) is 4.74 Å². The lowest BCUT2D eigenvalue weighted by atomic mass is 10.2. The number of nitrogens with one attached hydrogen (secondary N) is 1. The van der Waals surface area contributed by atoms with Crippen molar-refractivity contribution in [1.29, 1.82) is 0 Å². The number of ether oxygens (including phenoxy) is 1. The molecule has 0 saturated heterocycles. The standard InChI is InChI=1S/C11H15NO2/c1-9(2)14-11-5-3-10(4-6-11)7-12-8-13/h3-6,8-9H,7H2,1-2H3,(H,12,13). The predicted octanol–water partition coefficient (Wildman–Crippen LogP) is 1.72. The Balaban J connectivity index is 2.54. The topological polar surface area (TPSA) is 38.3 Å². The van der Waals surface area contributed by atoms with Crippen LogP contribution in [0.2, 0.25) is 0 Å². The number of amides is 1. The molecule has 0 heterocycles. The zero-order chi connectivity index (χ0) is 10.4. The van der Waals surface area contributed by atoms with Crippen LogP contribution < -0.4 is 10.1 Å². The van der Waals surface area contributed by atoms with Gasteiger partial charge in [0, 0.05) is 6.54 Å². The van der Waals surface area contributed by atoms with E-state index in [-0.39, 0.29) is 6.10 Å². The maximum atomic E-state index is 10.1. The second-order valence-electron chi connectivity index (χ2n) is 3.31. The van der Waals surface area contributed by atoms with Crippen molar-refractivity contribution in [3.8, 4) is 5.75 Å². The molecular weight excluding hydrogens is 178 g/mol. The predicted molar refractivity (Wildman–Crippen MR) is 55.1 cm³/mol. The summed E-state index contributed by atoms with van der Waals surface area (Å²) in [6.45, 7) is 4.54. The van der Waals surface area contributed by atoms with Gasteiger partial charge < -0.3 is 10.1 Å². The Labute approximate surface area is 84.1 Å². The Morgan fingerprint density at radius 1 is 1.36 bits per heavy atom. The van der Waals surface area contributed by atoms with Crippen LogP contribution in [0.4, 0.5) is 0 Å². The van der Waals surface area contributed by atoms with Crippen LogP contribution in [-0.4, -0.2) is 12.5 Å². The Kier molecular flexibility index (Phi) is 3.98. The van der Waals surface area contributed by atoms with Crippen LogP contribution in [0.1, 0.15) is 19.4 Å². The first-order valence-electron chi connectivity index (χ1n) is 4.65. The van der Waals surface area contributed by atoms with E-state index in [9.17, 15) is 4.79 Å². The molecule has 3 nitrogen and oxygen atoms in total. The molecule has 0 radical (unpaired) electrons. The van der Waals surface area contributed by atoms with Gasteiger partial charge in [-0.2, -0.15) is 0 Å². The first-order valence-corrected chi connectivity index (χ1v) is 4.65. The monoisotopic (exact) mass is 193 g/mol. The van der Waals surface area contributed by atoms with Crippen LogP contribution in [0.3, 0.4) is 0 Å². The smallest absolute Gasteiger partial charge is 0.207 e. The Bertz CT molecular complexity index is 280. The molecule has 0 aliphatic carbocycles. The number of benzene rings is 1. The summed E-state index contributed by atoms with van der Waals surface area (Å²) in [5.74, 6) is 0.856. The average molecular weight is 193 g/mol. The van der Waals surface area contributed by atoms with Crippen molar-refractivity contribution in [2.45, 2.75) is 26.5 Å². The molecule has 14 heavy (non-hydrogen) atoms. The minimum absolute atomic E-state index is 0.189. The molecule has 1 aromatic carbocycles. The van der Waals surface area contributed by atoms with Crippen molar-refractivity contribution in [3.63, 3.8) is 0 Å². The van der Waals surface area contributed by atoms with E-state index in [1.807, 2.05) is 38.1 Å². The van der Waals surface area contributed by atoms with Gasteiger partial charge in [-0.15, -0.1) is 0 Å². The van der Waals surface area contributed by atoms with Crippen molar-refractivity contribution in [2.24, 2.45) is 0 Å². The van der Waals surface area contributed by atoms with E-state index in [2.05, 4.69) is 5.32 Å². The Morgan fingerprint density at radius 2 is 2.00 bits per heavy atom. The normalized spacial score (nSPS) is 9.93. The number of hydrogen-bond donors (Lipinski definition) is 1. The van der Waals surface area contributed by atoms with Gasteiger partial charge in [0.1, 0.15) is 5.75 Å². The number of carbonyl (C=O) groups excluding carboxylic acids is 1. The molecule has 0 unspecified atom stereocenters. The lowest BCUT2D eigenvalue weighted by Crippen LogP contribution is -2.09. The van der Waals surface area contributed by atoms with Gasteiger partial charge in [-0.05, 0) is 31.5 Å². The van der Waals surface area contributed by atoms with Crippen LogP contribution in [0.5, 0.6) is 5.75 Å². The highest BCUT2D eigenvalue weighted by Crippen LogP contribution is 2.13. The van der Waals surface area contributed by atoms with Crippen molar-refractivity contribution in [3.05, 3.63) is 29.8 Å². The molecule has 76 valence electrons. The third-order valence-electron chi connectivity index (χ3n) is 1.68. The summed E-state index contributed by atoms with van der Waals surface area (Å²) in [6.07, 6.45) is 0.882. The second kappa shape index (κ2) is 5.27. The Morgan fingerprint density at radius 3 is 2.50 bits per heavy atom. The molecule has 0 saturated carbocycles. The minimum atomic E-state index is 0.189. The van der Waals surface area contributed by atoms with Crippen LogP contribution >= 0.6 is 0 Å². The first-order chi connectivity index (χ1) is 6.72. The van der Waals surface area contributed by atoms with E-state index in [1.165, 1.54) is 0 Å². The summed E-state index contributed by atoms with van der Waals surface area (Å²) >= 11 is 0. The minimum Gasteiger partial charge on any atom is -0.491 e. The quantitative estimate of drug-likeness (QED) is 0.723. The molecule has 0 fully saturated rings. The third-order valence-corrected chi connectivity index (χ3v) is 1.68. The van der Waals surface area contributed by atoms with E-state index >= 15 is 0 Å². The zero-order valence-corrected chi connectivity index (χ0v) is 8.49. The summed E-state index contributed by atoms with van der Waals surface area (Å²) in [6, 6.07) is 7.69. The van der Waals surface area contributed by atoms with Crippen molar-refractivity contribution >= 4 is 6.41 Å². The molecule has 0 aliphatic rings. The lowest BCUT2D eigenvalue weighted by Gasteiger charge is -2.09. The molecular formula is C11H15NO2. The summed E-state index contributed by atoms with van der Waals surface area (Å²) in [5, 5.41) is 2.60. The van der Waals surface area contributed by atoms with Gasteiger partial charge in [0.05, 0.1) is 6.10 Å². The lowest BCUT2D eigenvalue weighted by molar-refractivity contribution is -0.109. The van der Waals surface area contributed by atoms with Crippen molar-refractivity contribution < 1.29 is 9.53 Å². The summed E-state index contributed by atoms with van der Waals surface area (Å²) in [5.41, 5.74) is 1.06. The molecule has 1 aromatic rings. The van der Waals surface area contributed by atoms with Crippen molar-refractivity contribution in [2.75, 3.05) is 0 Å². The van der Waals surface area contributed by atoms with Crippen LogP contribution in [-0.2, 0) is 11.3 Å². The second-order valence-corrected chi connectivity index (χ2v) is 3.31. The van der Waals surface area contributed by atoms with Gasteiger partial charge in [-0.25, -0.2) is 0 Å². The van der Waals surface area contributed by atoms with Gasteiger partial charge in [-0.3, -0.25) is 4.79 Å². The van der Waals surface area contributed by atoms with Gasteiger partial charge in [0.25, 0.3) is 0 Å². The SMILES string of the molecule is CC(C)Oc1ccc(CNC=O)cc1. The molecule has 0 atom stereocenters. The maximum Gasteiger partial charge on any atom is 0.207 e. The molecule has 1 rings (SSSR count). The Hall–Kier alpha value is -1.51. The summed E-state index contributed by atoms with van der Waals surface area (Å²) in [4.78, 5) is 10.1. The number of rotatable bonds is 5. The van der Waals surface area contributed by atoms with Gasteiger partial charge in [-0.1, -0.05) is 12.1 Å². The maximum absolute atomic E-state index is 10.1. The van der Waals surface area contributed by atoms with Crippen LogP contribution in [0.25, 0.3) is 0 Å². The van der Waals surface area contributed by atoms with E-state index < -0.39 is 0 Å². The van der Waals surface area contributed by atoms with E-state index in [0.717, 1.165) is 11.3 Å². The van der Waals surface area contributed by atoms with Gasteiger partial charge in [0.15, 0.2) is 0 Å². The summed E-state index contributed by atoms with van der Waals surface area (Å²) < 4.78 is 5.48. The highest BCUT2D eigenvalue weighted by Gasteiger charge is 1.97. The van der Waals surface area contributed by atoms with Gasteiger partial charge in [0.2, 0.25) is 6.41 Å². The largest absolute Gasteiger partial charge is 0.491 e. The fourth-order valence-electron chi connectivity index (χ4n) is 1.12. The highest BCUT2D eigenvalue weighted by molar-refractivity contribution is 5.46. The molecule has 3 heteroatoms. The van der Waals surface area contributed by atoms with Gasteiger partial charge >= 0.3 is 0 Å². The molecule has 1 N–H and O–H groups in total. The first kappa shape index (κ1) is 10.6. The fourth-order valence-corrected chi connectivity index (χ4v) is 1.12. The van der Waals surface area contributed by atoms with Crippen LogP contribution in [0.15, 0.2) is 24.3 Å². The number of hydrogen-bond acceptors (Lipinski definition) is 2. The molecule has 0 bridgehead atoms. The van der Waals surface area contributed by atoms with Crippen LogP contribution in [0, 0.1) is 0 Å². The average Bonchev–Trinajstić information content (AvgIpc) is 2.16. The molecule has 1 amide bonds. The fraction of sp³-hybridized carbons (Fsp3) is 0.364. The third kappa shape index (κ3) is 3.47. The van der Waals surface area contributed by atoms with Crippen molar-refractivity contribution in [1.82, 2.24) is 5.32 Å². The van der Waals surface area contributed by atoms with E-state index in [0.29, 0.717) is 13.0 Å². The number of carbonyl (C=O) groups is 1. The summed E-state index contributed by atoms with van der Waals surface area (Å²) in [7, 11) is 0. The molecule has 0 spiro atoms. The zero-order valence-electron chi connectivity index (χ0n) is 8.49. The highest BCUT2D eigenvalue weighted by atomic mass is 16.5. The molecule has 0 aliphatic heterocycles. The van der Waals surface area contributed by atoms with E-state index in [1.54, 1.807) is 0 Å². The molecule has 0 aromatic heterocycles.